The topological polar surface area (TPSA) is 41.3 Å². The summed E-state index contributed by atoms with van der Waals surface area (Å²) in [4.78, 5) is 2.17. The maximum absolute atomic E-state index is 5.30. The van der Waals surface area contributed by atoms with Crippen LogP contribution in [0.15, 0.2) is 36.4 Å². The van der Waals surface area contributed by atoms with Crippen molar-refractivity contribution in [2.45, 2.75) is 13.3 Å². The molecule has 0 aliphatic heterocycles. The summed E-state index contributed by atoms with van der Waals surface area (Å²) >= 11 is 0. The zero-order valence-corrected chi connectivity index (χ0v) is 11.1. The Hall–Kier alpha value is -1.42. The zero-order chi connectivity index (χ0) is 13.0. The highest BCUT2D eigenvalue weighted by molar-refractivity contribution is 5.83. The van der Waals surface area contributed by atoms with Crippen LogP contribution < -0.4 is 11.3 Å². The summed E-state index contributed by atoms with van der Waals surface area (Å²) in [5, 5.41) is 2.63. The van der Waals surface area contributed by atoms with Crippen molar-refractivity contribution in [3.05, 3.63) is 47.5 Å². The van der Waals surface area contributed by atoms with E-state index >= 15 is 0 Å². The SMILES string of the molecule is Cc1ccc2cc(CCN(C)CNN)ccc2c1. The Balaban J connectivity index is 2.08. The van der Waals surface area contributed by atoms with E-state index in [-0.39, 0.29) is 0 Å². The van der Waals surface area contributed by atoms with Gasteiger partial charge in [0.25, 0.3) is 0 Å². The first kappa shape index (κ1) is 13.0. The minimum atomic E-state index is 0.715. The molecule has 0 aliphatic carbocycles. The van der Waals surface area contributed by atoms with Crippen molar-refractivity contribution in [2.24, 2.45) is 5.84 Å². The predicted octanol–water partition coefficient (Wildman–Crippen LogP) is 2.04. The molecule has 0 amide bonds. The second-order valence-corrected chi connectivity index (χ2v) is 4.88. The Morgan fingerprint density at radius 3 is 2.61 bits per heavy atom. The number of hydrogen-bond acceptors (Lipinski definition) is 3. The number of hydrogen-bond donors (Lipinski definition) is 2. The fourth-order valence-corrected chi connectivity index (χ4v) is 2.12. The third kappa shape index (κ3) is 3.29. The highest BCUT2D eigenvalue weighted by Gasteiger charge is 2.00. The van der Waals surface area contributed by atoms with Gasteiger partial charge in [-0.25, -0.2) is 5.43 Å². The van der Waals surface area contributed by atoms with Gasteiger partial charge < -0.3 is 0 Å². The third-order valence-corrected chi connectivity index (χ3v) is 3.20. The van der Waals surface area contributed by atoms with Crippen LogP contribution in [0.1, 0.15) is 11.1 Å². The maximum atomic E-state index is 5.30. The quantitative estimate of drug-likeness (QED) is 0.480. The predicted molar refractivity (Wildman–Crippen MR) is 77.2 cm³/mol. The second-order valence-electron chi connectivity index (χ2n) is 4.88. The van der Waals surface area contributed by atoms with Gasteiger partial charge in [0, 0.05) is 6.54 Å². The van der Waals surface area contributed by atoms with Crippen LogP contribution in [0.2, 0.25) is 0 Å². The summed E-state index contributed by atoms with van der Waals surface area (Å²) in [6.07, 6.45) is 1.04. The van der Waals surface area contributed by atoms with Crippen LogP contribution in [0.5, 0.6) is 0 Å². The van der Waals surface area contributed by atoms with Crippen molar-refractivity contribution in [3.63, 3.8) is 0 Å². The lowest BCUT2D eigenvalue weighted by atomic mass is 10.0. The molecule has 18 heavy (non-hydrogen) atoms. The molecule has 0 fully saturated rings. The largest absolute Gasteiger partial charge is 0.292 e. The number of fused-ring (bicyclic) bond motifs is 1. The molecule has 0 bridgehead atoms. The first-order valence-corrected chi connectivity index (χ1v) is 6.30. The van der Waals surface area contributed by atoms with Crippen LogP contribution >= 0.6 is 0 Å². The lowest BCUT2D eigenvalue weighted by Crippen LogP contribution is -2.36. The third-order valence-electron chi connectivity index (χ3n) is 3.20. The first-order chi connectivity index (χ1) is 8.69. The van der Waals surface area contributed by atoms with Crippen LogP contribution in [0.4, 0.5) is 0 Å². The Labute approximate surface area is 109 Å². The molecule has 2 aromatic carbocycles. The lowest BCUT2D eigenvalue weighted by molar-refractivity contribution is 0.313. The van der Waals surface area contributed by atoms with Gasteiger partial charge in [0.2, 0.25) is 0 Å². The summed E-state index contributed by atoms with van der Waals surface area (Å²) in [7, 11) is 2.06. The van der Waals surface area contributed by atoms with Gasteiger partial charge in [-0.1, -0.05) is 42.0 Å². The number of rotatable bonds is 5. The molecule has 0 spiro atoms. The van der Waals surface area contributed by atoms with Crippen LogP contribution in [0.3, 0.4) is 0 Å². The molecule has 96 valence electrons. The summed E-state index contributed by atoms with van der Waals surface area (Å²) in [5.41, 5.74) is 5.35. The van der Waals surface area contributed by atoms with Gasteiger partial charge in [-0.2, -0.15) is 0 Å². The standard InChI is InChI=1S/C15H21N3/c1-12-3-5-15-10-13(4-6-14(15)9-12)7-8-18(2)11-17-16/h3-6,9-10,17H,7-8,11,16H2,1-2H3. The molecule has 0 heterocycles. The van der Waals surface area contributed by atoms with Gasteiger partial charge in [0.05, 0.1) is 6.67 Å². The molecule has 3 heteroatoms. The number of nitrogens with zero attached hydrogens (tertiary/aromatic N) is 1. The van der Waals surface area contributed by atoms with E-state index in [0.717, 1.165) is 13.0 Å². The van der Waals surface area contributed by atoms with E-state index in [4.69, 9.17) is 5.84 Å². The lowest BCUT2D eigenvalue weighted by Gasteiger charge is -2.15. The number of benzene rings is 2. The molecule has 2 rings (SSSR count). The number of nitrogens with two attached hydrogens (primary N) is 1. The normalized spacial score (nSPS) is 11.3. The number of likely N-dealkylation sites (N-methyl/N-ethyl adjacent to an activating group) is 1. The smallest absolute Gasteiger partial charge is 0.0610 e. The average molecular weight is 243 g/mol. The molecule has 2 aromatic rings. The summed E-state index contributed by atoms with van der Waals surface area (Å²) < 4.78 is 0. The maximum Gasteiger partial charge on any atom is 0.0610 e. The van der Waals surface area contributed by atoms with Crippen LogP contribution in [-0.4, -0.2) is 25.2 Å². The molecular formula is C15H21N3. The van der Waals surface area contributed by atoms with Gasteiger partial charge in [-0.15, -0.1) is 0 Å². The minimum absolute atomic E-state index is 0.715. The molecule has 0 saturated carbocycles. The Kier molecular flexibility index (Phi) is 4.31. The van der Waals surface area contributed by atoms with Crippen molar-refractivity contribution in [1.82, 2.24) is 10.3 Å². The van der Waals surface area contributed by atoms with Gasteiger partial charge in [-0.05, 0) is 36.7 Å². The van der Waals surface area contributed by atoms with Crippen molar-refractivity contribution in [2.75, 3.05) is 20.3 Å². The van der Waals surface area contributed by atoms with Gasteiger partial charge >= 0.3 is 0 Å². The summed E-state index contributed by atoms with van der Waals surface area (Å²) in [6, 6.07) is 13.3. The van der Waals surface area contributed by atoms with Gasteiger partial charge in [0.15, 0.2) is 0 Å². The number of hydrazine groups is 1. The fourth-order valence-electron chi connectivity index (χ4n) is 2.12. The van der Waals surface area contributed by atoms with E-state index < -0.39 is 0 Å². The Bertz CT molecular complexity index is 522. The summed E-state index contributed by atoms with van der Waals surface area (Å²) in [6.45, 7) is 3.84. The molecular weight excluding hydrogens is 222 g/mol. The Morgan fingerprint density at radius 1 is 1.11 bits per heavy atom. The van der Waals surface area contributed by atoms with Crippen LogP contribution in [0.25, 0.3) is 10.8 Å². The van der Waals surface area contributed by atoms with Crippen LogP contribution in [0, 0.1) is 6.92 Å². The zero-order valence-electron chi connectivity index (χ0n) is 11.1. The molecule has 0 atom stereocenters. The van der Waals surface area contributed by atoms with E-state index in [0.29, 0.717) is 6.67 Å². The number of nitrogens with one attached hydrogen (secondary N) is 1. The second kappa shape index (κ2) is 5.96. The fraction of sp³-hybridized carbons (Fsp3) is 0.333. The molecule has 3 N–H and O–H groups in total. The molecule has 0 radical (unpaired) electrons. The molecule has 0 aliphatic rings. The average Bonchev–Trinajstić information content (AvgIpc) is 2.36. The van der Waals surface area contributed by atoms with E-state index in [1.807, 2.05) is 0 Å². The van der Waals surface area contributed by atoms with E-state index in [1.54, 1.807) is 0 Å². The highest BCUT2D eigenvalue weighted by atomic mass is 15.3. The van der Waals surface area contributed by atoms with E-state index in [1.165, 1.54) is 21.9 Å². The van der Waals surface area contributed by atoms with E-state index in [2.05, 4.69) is 60.7 Å². The molecule has 0 saturated heterocycles. The van der Waals surface area contributed by atoms with E-state index in [9.17, 15) is 0 Å². The van der Waals surface area contributed by atoms with Crippen molar-refractivity contribution >= 4 is 10.8 Å². The summed E-state index contributed by atoms with van der Waals surface area (Å²) in [5.74, 6) is 5.30. The first-order valence-electron chi connectivity index (χ1n) is 6.30. The van der Waals surface area contributed by atoms with Crippen LogP contribution in [-0.2, 0) is 6.42 Å². The van der Waals surface area contributed by atoms with Gasteiger partial charge in [-0.3, -0.25) is 10.7 Å². The molecule has 0 aromatic heterocycles. The highest BCUT2D eigenvalue weighted by Crippen LogP contribution is 2.18. The van der Waals surface area contributed by atoms with Crippen molar-refractivity contribution < 1.29 is 0 Å². The monoisotopic (exact) mass is 243 g/mol. The minimum Gasteiger partial charge on any atom is -0.292 e. The van der Waals surface area contributed by atoms with Crippen molar-refractivity contribution in [1.29, 1.82) is 0 Å². The van der Waals surface area contributed by atoms with Crippen molar-refractivity contribution in [3.8, 4) is 0 Å². The molecule has 3 nitrogen and oxygen atoms in total. The Morgan fingerprint density at radius 2 is 1.83 bits per heavy atom. The molecule has 0 unspecified atom stereocenters. The number of aryl methyl sites for hydroxylation is 1. The van der Waals surface area contributed by atoms with Gasteiger partial charge in [0.1, 0.15) is 0 Å².